The van der Waals surface area contributed by atoms with E-state index in [0.29, 0.717) is 15.7 Å². The van der Waals surface area contributed by atoms with Gasteiger partial charge in [0, 0.05) is 22.2 Å². The lowest BCUT2D eigenvalue weighted by atomic mass is 10.2. The van der Waals surface area contributed by atoms with Crippen molar-refractivity contribution < 1.29 is 14.6 Å². The van der Waals surface area contributed by atoms with E-state index in [1.807, 2.05) is 12.1 Å². The minimum Gasteiger partial charge on any atom is -0.503 e. The maximum atomic E-state index is 11.4. The molecule has 0 atom stereocenters. The third kappa shape index (κ3) is 2.58. The van der Waals surface area contributed by atoms with Crippen LogP contribution in [0.15, 0.2) is 42.1 Å². The van der Waals surface area contributed by atoms with Crippen LogP contribution in [0.25, 0.3) is 21.8 Å². The molecule has 5 nitrogen and oxygen atoms in total. The molecule has 1 aromatic carbocycles. The van der Waals surface area contributed by atoms with E-state index in [4.69, 9.17) is 16.3 Å². The number of nitrogens with zero attached hydrogens (tertiary/aromatic N) is 2. The maximum Gasteiger partial charge on any atom is 0.341 e. The molecule has 0 aliphatic rings. The highest BCUT2D eigenvalue weighted by molar-refractivity contribution is 7.15. The van der Waals surface area contributed by atoms with Crippen LogP contribution in [0.4, 0.5) is 0 Å². The summed E-state index contributed by atoms with van der Waals surface area (Å²) in [6.07, 6.45) is 3.02. The molecule has 22 heavy (non-hydrogen) atoms. The van der Waals surface area contributed by atoms with Crippen molar-refractivity contribution in [3.63, 3.8) is 0 Å². The lowest BCUT2D eigenvalue weighted by molar-refractivity contribution is -0.130. The smallest absolute Gasteiger partial charge is 0.341 e. The largest absolute Gasteiger partial charge is 0.503 e. The average molecular weight is 335 g/mol. The fourth-order valence-corrected chi connectivity index (χ4v) is 3.07. The van der Waals surface area contributed by atoms with Crippen LogP contribution in [-0.4, -0.2) is 27.6 Å². The number of thiazole rings is 1. The number of ether oxygens (including phenoxy) is 1. The Kier molecular flexibility index (Phi) is 3.87. The zero-order chi connectivity index (χ0) is 15.7. The van der Waals surface area contributed by atoms with Crippen LogP contribution in [-0.2, 0) is 9.53 Å². The van der Waals surface area contributed by atoms with Gasteiger partial charge in [-0.2, -0.15) is 0 Å². The Bertz CT molecular complexity index is 865. The number of hydrogen-bond acceptors (Lipinski definition) is 4. The van der Waals surface area contributed by atoms with Crippen molar-refractivity contribution in [2.75, 3.05) is 7.11 Å². The molecule has 0 aliphatic carbocycles. The molecule has 0 saturated heterocycles. The van der Waals surface area contributed by atoms with Gasteiger partial charge in [-0.15, -0.1) is 11.3 Å². The molecule has 112 valence electrons. The van der Waals surface area contributed by atoms with Crippen molar-refractivity contribution in [2.45, 2.75) is 0 Å². The lowest BCUT2D eigenvalue weighted by Gasteiger charge is -2.00. The molecular formula is C15H11ClN2O3S. The summed E-state index contributed by atoms with van der Waals surface area (Å²) < 4.78 is 6.60. The Morgan fingerprint density at radius 3 is 2.77 bits per heavy atom. The van der Waals surface area contributed by atoms with Crippen LogP contribution in [0.3, 0.4) is 0 Å². The number of halogens is 1. The summed E-state index contributed by atoms with van der Waals surface area (Å²) in [7, 11) is 1.42. The molecule has 3 rings (SSSR count). The Balaban J connectivity index is 2.10. The van der Waals surface area contributed by atoms with Gasteiger partial charge in [-0.3, -0.25) is 4.40 Å². The minimum absolute atomic E-state index is 0.0776. The highest BCUT2D eigenvalue weighted by atomic mass is 35.5. The first-order valence-corrected chi connectivity index (χ1v) is 7.55. The Hall–Kier alpha value is -2.31. The van der Waals surface area contributed by atoms with Gasteiger partial charge in [0.25, 0.3) is 0 Å². The van der Waals surface area contributed by atoms with Crippen molar-refractivity contribution >= 4 is 39.4 Å². The molecule has 2 heterocycles. The fraction of sp³-hybridized carbons (Fsp3) is 0.0667. The molecule has 0 spiro atoms. The lowest BCUT2D eigenvalue weighted by Crippen LogP contribution is -2.02. The van der Waals surface area contributed by atoms with Crippen LogP contribution in [0.1, 0.15) is 5.69 Å². The molecule has 2 aromatic heterocycles. The zero-order valence-corrected chi connectivity index (χ0v) is 13.1. The number of carboxylic acid groups (broad SMARTS) is 1. The van der Waals surface area contributed by atoms with E-state index in [9.17, 15) is 9.90 Å². The number of carboxylic acids is 1. The summed E-state index contributed by atoms with van der Waals surface area (Å²) in [6.45, 7) is 0. The second-order valence-corrected chi connectivity index (χ2v) is 5.75. The normalized spacial score (nSPS) is 11.8. The number of imidazole rings is 1. The third-order valence-corrected chi connectivity index (χ3v) is 4.18. The Morgan fingerprint density at radius 2 is 2.14 bits per heavy atom. The van der Waals surface area contributed by atoms with Crippen molar-refractivity contribution in [2.24, 2.45) is 0 Å². The summed E-state index contributed by atoms with van der Waals surface area (Å²) in [6, 6.07) is 7.33. The van der Waals surface area contributed by atoms with Crippen molar-refractivity contribution in [1.82, 2.24) is 9.38 Å². The van der Waals surface area contributed by atoms with Gasteiger partial charge in [-0.25, -0.2) is 9.78 Å². The molecule has 0 radical (unpaired) electrons. The number of methoxy groups -OCH3 is 1. The third-order valence-electron chi connectivity index (χ3n) is 3.09. The number of benzene rings is 1. The van der Waals surface area contributed by atoms with E-state index < -0.39 is 5.97 Å². The predicted molar refractivity (Wildman–Crippen MR) is 86.1 cm³/mol. The van der Waals surface area contributed by atoms with Crippen LogP contribution in [0.5, 0.6) is 0 Å². The van der Waals surface area contributed by atoms with Gasteiger partial charge in [0.15, 0.2) is 4.96 Å². The topological polar surface area (TPSA) is 63.8 Å². The molecule has 0 bridgehead atoms. The standard InChI is InChI=1S/C15H11ClN2O3S/c1-21-7-11(14(19)20)13-8-22-15-17-12(6-18(13)15)9-2-4-10(16)5-3-9/h2-8H,1H3,(H,19,20). The van der Waals surface area contributed by atoms with E-state index in [1.54, 1.807) is 28.1 Å². The monoisotopic (exact) mass is 334 g/mol. The Morgan fingerprint density at radius 1 is 1.41 bits per heavy atom. The van der Waals surface area contributed by atoms with Gasteiger partial charge in [-0.1, -0.05) is 23.7 Å². The van der Waals surface area contributed by atoms with Crippen LogP contribution < -0.4 is 0 Å². The molecule has 0 aliphatic heterocycles. The highest BCUT2D eigenvalue weighted by Crippen LogP contribution is 2.27. The summed E-state index contributed by atoms with van der Waals surface area (Å²) in [5.41, 5.74) is 2.28. The summed E-state index contributed by atoms with van der Waals surface area (Å²) in [4.78, 5) is 16.6. The minimum atomic E-state index is -1.05. The van der Waals surface area contributed by atoms with Crippen molar-refractivity contribution in [3.8, 4) is 11.3 Å². The second kappa shape index (κ2) is 5.82. The zero-order valence-electron chi connectivity index (χ0n) is 11.5. The number of aromatic nitrogens is 2. The van der Waals surface area contributed by atoms with E-state index in [0.717, 1.165) is 11.3 Å². The number of fused-ring (bicyclic) bond motifs is 1. The van der Waals surface area contributed by atoms with Crippen LogP contribution >= 0.6 is 22.9 Å². The first-order valence-electron chi connectivity index (χ1n) is 6.29. The molecule has 0 fully saturated rings. The van der Waals surface area contributed by atoms with Gasteiger partial charge in [0.2, 0.25) is 0 Å². The summed E-state index contributed by atoms with van der Waals surface area (Å²) >= 11 is 7.25. The van der Waals surface area contributed by atoms with Gasteiger partial charge >= 0.3 is 5.97 Å². The molecule has 0 amide bonds. The first-order chi connectivity index (χ1) is 10.6. The molecule has 0 unspecified atom stereocenters. The van der Waals surface area contributed by atoms with Gasteiger partial charge in [0.1, 0.15) is 5.57 Å². The molecular weight excluding hydrogens is 324 g/mol. The van der Waals surface area contributed by atoms with Crippen molar-refractivity contribution in [3.05, 3.63) is 52.8 Å². The Labute approximate surface area is 135 Å². The molecule has 3 aromatic rings. The highest BCUT2D eigenvalue weighted by Gasteiger charge is 2.18. The fourth-order valence-electron chi connectivity index (χ4n) is 2.08. The molecule has 7 heteroatoms. The van der Waals surface area contributed by atoms with E-state index in [-0.39, 0.29) is 5.57 Å². The van der Waals surface area contributed by atoms with Gasteiger partial charge < -0.3 is 9.84 Å². The van der Waals surface area contributed by atoms with Crippen LogP contribution in [0.2, 0.25) is 5.02 Å². The number of rotatable bonds is 4. The number of hydrogen-bond donors (Lipinski definition) is 1. The number of carbonyl (C=O) groups is 1. The average Bonchev–Trinajstić information content (AvgIpc) is 3.06. The SMILES string of the molecule is COC=C(C(=O)O)c1csc2nc(-c3ccc(Cl)cc3)cn12. The number of aliphatic carboxylic acids is 1. The molecule has 0 saturated carbocycles. The van der Waals surface area contributed by atoms with Gasteiger partial charge in [0.05, 0.1) is 24.8 Å². The van der Waals surface area contributed by atoms with E-state index >= 15 is 0 Å². The quantitative estimate of drug-likeness (QED) is 0.582. The second-order valence-electron chi connectivity index (χ2n) is 4.48. The van der Waals surface area contributed by atoms with Crippen molar-refractivity contribution in [1.29, 1.82) is 0 Å². The summed E-state index contributed by atoms with van der Waals surface area (Å²) in [5, 5.41) is 11.7. The van der Waals surface area contributed by atoms with Gasteiger partial charge in [-0.05, 0) is 12.1 Å². The van der Waals surface area contributed by atoms with E-state index in [2.05, 4.69) is 4.98 Å². The predicted octanol–water partition coefficient (Wildman–Crippen LogP) is 3.79. The summed E-state index contributed by atoms with van der Waals surface area (Å²) in [5.74, 6) is -1.05. The van der Waals surface area contributed by atoms with Crippen LogP contribution in [0, 0.1) is 0 Å². The molecule has 1 N–H and O–H groups in total. The first kappa shape index (κ1) is 14.6. The van der Waals surface area contributed by atoms with E-state index in [1.165, 1.54) is 24.7 Å². The maximum absolute atomic E-state index is 11.4.